The van der Waals surface area contributed by atoms with Crippen molar-refractivity contribution in [2.24, 2.45) is 0 Å². The summed E-state index contributed by atoms with van der Waals surface area (Å²) in [5.41, 5.74) is -0.502. The lowest BCUT2D eigenvalue weighted by atomic mass is 10.1. The Morgan fingerprint density at radius 1 is 1.36 bits per heavy atom. The van der Waals surface area contributed by atoms with Crippen LogP contribution in [0.15, 0.2) is 30.3 Å². The second-order valence-corrected chi connectivity index (χ2v) is 3.70. The highest BCUT2D eigenvalue weighted by Gasteiger charge is 2.38. The zero-order valence-corrected chi connectivity index (χ0v) is 8.03. The highest BCUT2D eigenvalue weighted by molar-refractivity contribution is 5.73. The van der Waals surface area contributed by atoms with Gasteiger partial charge in [0.2, 0.25) is 0 Å². The molecule has 0 aromatic heterocycles. The van der Waals surface area contributed by atoms with E-state index in [1.54, 1.807) is 0 Å². The van der Waals surface area contributed by atoms with E-state index in [1.807, 2.05) is 37.3 Å². The smallest absolute Gasteiger partial charge is 0.310 e. The number of hydrogen-bond donors (Lipinski definition) is 0. The first kappa shape index (κ1) is 9.06. The van der Waals surface area contributed by atoms with Crippen molar-refractivity contribution in [1.82, 2.24) is 0 Å². The van der Waals surface area contributed by atoms with E-state index < -0.39 is 5.60 Å². The van der Waals surface area contributed by atoms with Gasteiger partial charge in [-0.1, -0.05) is 18.2 Å². The second-order valence-electron chi connectivity index (χ2n) is 3.70. The summed E-state index contributed by atoms with van der Waals surface area (Å²) in [7, 11) is 0. The summed E-state index contributed by atoms with van der Waals surface area (Å²) < 4.78 is 10.6. The number of benzene rings is 1. The third-order valence-electron chi connectivity index (χ3n) is 2.16. The van der Waals surface area contributed by atoms with E-state index >= 15 is 0 Å². The molecule has 3 nitrogen and oxygen atoms in total. The minimum Gasteiger partial charge on any atom is -0.483 e. The summed E-state index contributed by atoms with van der Waals surface area (Å²) in [5, 5.41) is 0. The van der Waals surface area contributed by atoms with Gasteiger partial charge in [0, 0.05) is 0 Å². The van der Waals surface area contributed by atoms with Crippen molar-refractivity contribution >= 4 is 5.97 Å². The summed E-state index contributed by atoms with van der Waals surface area (Å²) in [4.78, 5) is 10.9. The third kappa shape index (κ3) is 1.87. The van der Waals surface area contributed by atoms with Gasteiger partial charge in [0.15, 0.2) is 5.60 Å². The molecule has 1 atom stereocenters. The molecule has 1 aliphatic heterocycles. The molecule has 1 aromatic carbocycles. The van der Waals surface area contributed by atoms with Gasteiger partial charge in [0.1, 0.15) is 12.4 Å². The summed E-state index contributed by atoms with van der Waals surface area (Å²) in [6.07, 6.45) is 0.321. The van der Waals surface area contributed by atoms with Crippen LogP contribution in [0.1, 0.15) is 13.3 Å². The van der Waals surface area contributed by atoms with Crippen molar-refractivity contribution in [3.8, 4) is 5.75 Å². The summed E-state index contributed by atoms with van der Waals surface area (Å²) >= 11 is 0. The maximum Gasteiger partial charge on any atom is 0.310 e. The molecule has 1 unspecified atom stereocenters. The lowest BCUT2D eigenvalue weighted by molar-refractivity contribution is -0.137. The first-order chi connectivity index (χ1) is 6.68. The molecular formula is C11H12O3. The zero-order chi connectivity index (χ0) is 10.0. The van der Waals surface area contributed by atoms with E-state index in [-0.39, 0.29) is 5.97 Å². The van der Waals surface area contributed by atoms with Crippen LogP contribution in [0.2, 0.25) is 0 Å². The molecule has 1 fully saturated rings. The van der Waals surface area contributed by atoms with Crippen molar-refractivity contribution < 1.29 is 14.3 Å². The molecule has 0 bridgehead atoms. The van der Waals surface area contributed by atoms with Crippen molar-refractivity contribution in [3.63, 3.8) is 0 Å². The minimum atomic E-state index is -0.502. The molecular weight excluding hydrogens is 180 g/mol. The SMILES string of the molecule is CC1(Oc2ccccc2)COC(=O)C1. The molecule has 0 radical (unpaired) electrons. The van der Waals surface area contributed by atoms with Crippen molar-refractivity contribution in [2.45, 2.75) is 18.9 Å². The van der Waals surface area contributed by atoms with Crippen LogP contribution in [-0.4, -0.2) is 18.2 Å². The Hall–Kier alpha value is -1.51. The summed E-state index contributed by atoms with van der Waals surface area (Å²) in [6.45, 7) is 2.21. The van der Waals surface area contributed by atoms with E-state index in [1.165, 1.54) is 0 Å². The molecule has 0 amide bonds. The minimum absolute atomic E-state index is 0.191. The number of hydrogen-bond acceptors (Lipinski definition) is 3. The van der Waals surface area contributed by atoms with Crippen LogP contribution in [0, 0.1) is 0 Å². The van der Waals surface area contributed by atoms with Crippen LogP contribution in [-0.2, 0) is 9.53 Å². The van der Waals surface area contributed by atoms with Crippen molar-refractivity contribution in [3.05, 3.63) is 30.3 Å². The maximum absolute atomic E-state index is 10.9. The molecule has 74 valence electrons. The number of para-hydroxylation sites is 1. The Labute approximate surface area is 82.6 Å². The molecule has 14 heavy (non-hydrogen) atoms. The van der Waals surface area contributed by atoms with Gasteiger partial charge in [-0.2, -0.15) is 0 Å². The highest BCUT2D eigenvalue weighted by atomic mass is 16.6. The standard InChI is InChI=1S/C11H12O3/c1-11(7-10(12)13-8-11)14-9-5-3-2-4-6-9/h2-6H,7-8H2,1H3. The van der Waals surface area contributed by atoms with Crippen LogP contribution in [0.3, 0.4) is 0 Å². The maximum atomic E-state index is 10.9. The van der Waals surface area contributed by atoms with Crippen molar-refractivity contribution in [2.75, 3.05) is 6.61 Å². The van der Waals surface area contributed by atoms with Crippen LogP contribution < -0.4 is 4.74 Å². The van der Waals surface area contributed by atoms with Gasteiger partial charge in [-0.25, -0.2) is 0 Å². The Bertz CT molecular complexity index is 334. The first-order valence-corrected chi connectivity index (χ1v) is 4.58. The van der Waals surface area contributed by atoms with E-state index in [2.05, 4.69) is 0 Å². The van der Waals surface area contributed by atoms with E-state index in [0.717, 1.165) is 5.75 Å². The van der Waals surface area contributed by atoms with Crippen LogP contribution in [0.4, 0.5) is 0 Å². The fourth-order valence-electron chi connectivity index (χ4n) is 1.48. The Kier molecular flexibility index (Phi) is 2.15. The normalized spacial score (nSPS) is 25.9. The van der Waals surface area contributed by atoms with E-state index in [4.69, 9.17) is 9.47 Å². The van der Waals surface area contributed by atoms with Gasteiger partial charge in [-0.3, -0.25) is 4.79 Å². The lowest BCUT2D eigenvalue weighted by Gasteiger charge is -2.22. The average Bonchev–Trinajstić information content (AvgIpc) is 2.47. The van der Waals surface area contributed by atoms with Gasteiger partial charge >= 0.3 is 5.97 Å². The predicted octanol–water partition coefficient (Wildman–Crippen LogP) is 1.77. The number of cyclic esters (lactones) is 1. The van der Waals surface area contributed by atoms with Gasteiger partial charge in [0.05, 0.1) is 6.42 Å². The Balaban J connectivity index is 2.08. The second kappa shape index (κ2) is 3.33. The molecule has 0 saturated carbocycles. The fraction of sp³-hybridized carbons (Fsp3) is 0.364. The number of carbonyl (C=O) groups excluding carboxylic acids is 1. The zero-order valence-electron chi connectivity index (χ0n) is 8.03. The average molecular weight is 192 g/mol. The number of rotatable bonds is 2. The molecule has 0 spiro atoms. The topological polar surface area (TPSA) is 35.5 Å². The van der Waals surface area contributed by atoms with Gasteiger partial charge in [-0.05, 0) is 19.1 Å². The summed E-state index contributed by atoms with van der Waals surface area (Å²) in [6, 6.07) is 9.46. The molecule has 1 aliphatic rings. The van der Waals surface area contributed by atoms with Crippen LogP contribution in [0.25, 0.3) is 0 Å². The molecule has 1 heterocycles. The molecule has 2 rings (SSSR count). The van der Waals surface area contributed by atoms with Crippen LogP contribution in [0.5, 0.6) is 5.75 Å². The molecule has 0 aliphatic carbocycles. The van der Waals surface area contributed by atoms with Crippen LogP contribution >= 0.6 is 0 Å². The number of esters is 1. The Morgan fingerprint density at radius 2 is 2.07 bits per heavy atom. The predicted molar refractivity (Wildman–Crippen MR) is 51.1 cm³/mol. The van der Waals surface area contributed by atoms with E-state index in [9.17, 15) is 4.79 Å². The molecule has 1 saturated heterocycles. The fourth-order valence-corrected chi connectivity index (χ4v) is 1.48. The van der Waals surface area contributed by atoms with Gasteiger partial charge in [-0.15, -0.1) is 0 Å². The quantitative estimate of drug-likeness (QED) is 0.670. The monoisotopic (exact) mass is 192 g/mol. The summed E-state index contributed by atoms with van der Waals surface area (Å²) in [5.74, 6) is 0.580. The first-order valence-electron chi connectivity index (χ1n) is 4.58. The van der Waals surface area contributed by atoms with Crippen molar-refractivity contribution in [1.29, 1.82) is 0 Å². The third-order valence-corrected chi connectivity index (χ3v) is 2.16. The van der Waals surface area contributed by atoms with Gasteiger partial charge in [0.25, 0.3) is 0 Å². The van der Waals surface area contributed by atoms with Gasteiger partial charge < -0.3 is 9.47 Å². The number of carbonyl (C=O) groups is 1. The largest absolute Gasteiger partial charge is 0.483 e. The molecule has 0 N–H and O–H groups in total. The number of ether oxygens (including phenoxy) is 2. The van der Waals surface area contributed by atoms with E-state index in [0.29, 0.717) is 13.0 Å². The Morgan fingerprint density at radius 3 is 2.64 bits per heavy atom. The molecule has 1 aromatic rings. The lowest BCUT2D eigenvalue weighted by Crippen LogP contribution is -2.32. The molecule has 3 heteroatoms. The highest BCUT2D eigenvalue weighted by Crippen LogP contribution is 2.26.